The van der Waals surface area contributed by atoms with Crippen molar-refractivity contribution in [2.75, 3.05) is 20.2 Å². The largest absolute Gasteiger partial charge is 0.381 e. The molecule has 0 radical (unpaired) electrons. The number of likely N-dealkylation sites (tertiary alicyclic amines) is 1. The topological polar surface area (TPSA) is 51.4 Å². The van der Waals surface area contributed by atoms with Gasteiger partial charge in [0.1, 0.15) is 0 Å². The number of ether oxygens (including phenoxy) is 1. The van der Waals surface area contributed by atoms with E-state index in [1.807, 2.05) is 0 Å². The molecule has 18 heavy (non-hydrogen) atoms. The Morgan fingerprint density at radius 2 is 1.94 bits per heavy atom. The maximum absolute atomic E-state index is 5.38. The van der Waals surface area contributed by atoms with E-state index in [2.05, 4.69) is 35.8 Å². The fraction of sp³-hybridized carbons (Fsp3) is 0.846. The molecule has 5 heteroatoms. The van der Waals surface area contributed by atoms with E-state index in [0.29, 0.717) is 12.0 Å². The molecular formula is C13H23N3O2. The van der Waals surface area contributed by atoms with Crippen molar-refractivity contribution in [1.29, 1.82) is 0 Å². The average molecular weight is 253 g/mol. The van der Waals surface area contributed by atoms with E-state index in [0.717, 1.165) is 37.6 Å². The second-order valence-electron chi connectivity index (χ2n) is 5.29. The summed E-state index contributed by atoms with van der Waals surface area (Å²) in [5.74, 6) is 1.84. The lowest BCUT2D eigenvalue weighted by molar-refractivity contribution is 0.0247. The molecule has 1 aromatic rings. The molecule has 1 atom stereocenters. The van der Waals surface area contributed by atoms with Crippen molar-refractivity contribution in [3.8, 4) is 0 Å². The summed E-state index contributed by atoms with van der Waals surface area (Å²) >= 11 is 0. The van der Waals surface area contributed by atoms with Gasteiger partial charge in [0.15, 0.2) is 5.82 Å². The summed E-state index contributed by atoms with van der Waals surface area (Å²) in [5.41, 5.74) is 0. The normalized spacial score (nSPS) is 20.5. The van der Waals surface area contributed by atoms with E-state index in [1.165, 1.54) is 0 Å². The molecule has 2 heterocycles. The molecule has 0 saturated carbocycles. The maximum Gasteiger partial charge on any atom is 0.243 e. The number of piperidine rings is 1. The fourth-order valence-electron chi connectivity index (χ4n) is 2.31. The van der Waals surface area contributed by atoms with Gasteiger partial charge in [0, 0.05) is 26.1 Å². The highest BCUT2D eigenvalue weighted by Gasteiger charge is 2.26. The van der Waals surface area contributed by atoms with Crippen LogP contribution < -0.4 is 0 Å². The van der Waals surface area contributed by atoms with Crippen LogP contribution in [0.25, 0.3) is 0 Å². The van der Waals surface area contributed by atoms with Crippen LogP contribution in [-0.4, -0.2) is 41.3 Å². The third kappa shape index (κ3) is 2.90. The quantitative estimate of drug-likeness (QED) is 0.824. The van der Waals surface area contributed by atoms with E-state index in [9.17, 15) is 0 Å². The van der Waals surface area contributed by atoms with Gasteiger partial charge in [-0.15, -0.1) is 0 Å². The smallest absolute Gasteiger partial charge is 0.243 e. The van der Waals surface area contributed by atoms with E-state index in [4.69, 9.17) is 9.26 Å². The van der Waals surface area contributed by atoms with Crippen molar-refractivity contribution >= 4 is 0 Å². The van der Waals surface area contributed by atoms with Crippen LogP contribution in [0.5, 0.6) is 0 Å². The molecule has 1 fully saturated rings. The lowest BCUT2D eigenvalue weighted by atomic mass is 10.1. The van der Waals surface area contributed by atoms with Crippen molar-refractivity contribution < 1.29 is 9.26 Å². The first-order valence-corrected chi connectivity index (χ1v) is 6.72. The van der Waals surface area contributed by atoms with E-state index >= 15 is 0 Å². The number of aromatic nitrogens is 2. The molecule has 1 aromatic heterocycles. The second-order valence-corrected chi connectivity index (χ2v) is 5.29. The first kappa shape index (κ1) is 13.5. The monoisotopic (exact) mass is 253 g/mol. The zero-order valence-electron chi connectivity index (χ0n) is 11.7. The van der Waals surface area contributed by atoms with Gasteiger partial charge in [0.2, 0.25) is 5.89 Å². The number of rotatable bonds is 4. The third-order valence-corrected chi connectivity index (χ3v) is 3.69. The Bertz CT molecular complexity index is 370. The predicted molar refractivity (Wildman–Crippen MR) is 68.4 cm³/mol. The Morgan fingerprint density at radius 3 is 2.44 bits per heavy atom. The molecule has 5 nitrogen and oxygen atoms in total. The average Bonchev–Trinajstić information content (AvgIpc) is 2.88. The Balaban J connectivity index is 1.96. The van der Waals surface area contributed by atoms with Crippen LogP contribution in [0.1, 0.15) is 57.3 Å². The standard InChI is InChI=1S/C13H23N3O2/c1-9(2)12-14-13(18-15-12)10(3)16-7-5-11(17-4)6-8-16/h9-11H,5-8H2,1-4H3. The van der Waals surface area contributed by atoms with Gasteiger partial charge in [-0.3, -0.25) is 4.90 Å². The summed E-state index contributed by atoms with van der Waals surface area (Å²) in [6.45, 7) is 8.33. The molecule has 0 aromatic carbocycles. The molecule has 1 unspecified atom stereocenters. The molecular weight excluding hydrogens is 230 g/mol. The number of hydrogen-bond donors (Lipinski definition) is 0. The van der Waals surface area contributed by atoms with Gasteiger partial charge in [-0.25, -0.2) is 0 Å². The molecule has 0 bridgehead atoms. The molecule has 0 spiro atoms. The third-order valence-electron chi connectivity index (χ3n) is 3.69. The van der Waals surface area contributed by atoms with Crippen LogP contribution >= 0.6 is 0 Å². The van der Waals surface area contributed by atoms with Crippen LogP contribution in [0, 0.1) is 0 Å². The minimum Gasteiger partial charge on any atom is -0.381 e. The molecule has 0 N–H and O–H groups in total. The minimum atomic E-state index is 0.197. The van der Waals surface area contributed by atoms with E-state index in [-0.39, 0.29) is 6.04 Å². The highest BCUT2D eigenvalue weighted by Crippen LogP contribution is 2.24. The minimum absolute atomic E-state index is 0.197. The fourth-order valence-corrected chi connectivity index (χ4v) is 2.31. The molecule has 1 aliphatic rings. The molecule has 1 saturated heterocycles. The van der Waals surface area contributed by atoms with Crippen LogP contribution in [0.15, 0.2) is 4.52 Å². The summed E-state index contributed by atoms with van der Waals surface area (Å²) < 4.78 is 10.7. The number of methoxy groups -OCH3 is 1. The van der Waals surface area contributed by atoms with Crippen molar-refractivity contribution in [1.82, 2.24) is 15.0 Å². The van der Waals surface area contributed by atoms with E-state index < -0.39 is 0 Å². The van der Waals surface area contributed by atoms with E-state index in [1.54, 1.807) is 7.11 Å². The van der Waals surface area contributed by atoms with Gasteiger partial charge in [-0.1, -0.05) is 19.0 Å². The SMILES string of the molecule is COC1CCN(C(C)c2nc(C(C)C)no2)CC1. The molecule has 2 rings (SSSR count). The van der Waals surface area contributed by atoms with Gasteiger partial charge in [0.05, 0.1) is 12.1 Å². The molecule has 1 aliphatic heterocycles. The van der Waals surface area contributed by atoms with Crippen molar-refractivity contribution in [2.45, 2.75) is 51.7 Å². The summed E-state index contributed by atoms with van der Waals surface area (Å²) in [7, 11) is 1.79. The predicted octanol–water partition coefficient (Wildman–Crippen LogP) is 2.36. The highest BCUT2D eigenvalue weighted by atomic mass is 16.5. The Labute approximate surface area is 108 Å². The molecule has 0 aliphatic carbocycles. The summed E-state index contributed by atoms with van der Waals surface area (Å²) in [4.78, 5) is 6.86. The van der Waals surface area contributed by atoms with Gasteiger partial charge >= 0.3 is 0 Å². The van der Waals surface area contributed by atoms with Crippen LogP contribution in [0.4, 0.5) is 0 Å². The Hall–Kier alpha value is -0.940. The summed E-state index contributed by atoms with van der Waals surface area (Å²) in [5, 5.41) is 4.03. The summed E-state index contributed by atoms with van der Waals surface area (Å²) in [6.07, 6.45) is 2.56. The van der Waals surface area contributed by atoms with Crippen molar-refractivity contribution in [2.24, 2.45) is 0 Å². The first-order valence-electron chi connectivity index (χ1n) is 6.72. The highest BCUT2D eigenvalue weighted by molar-refractivity contribution is 4.96. The first-order chi connectivity index (χ1) is 8.61. The van der Waals surface area contributed by atoms with Crippen molar-refractivity contribution in [3.05, 3.63) is 11.7 Å². The van der Waals surface area contributed by atoms with Crippen LogP contribution in [-0.2, 0) is 4.74 Å². The summed E-state index contributed by atoms with van der Waals surface area (Å²) in [6, 6.07) is 0.197. The number of hydrogen-bond acceptors (Lipinski definition) is 5. The lowest BCUT2D eigenvalue weighted by Crippen LogP contribution is -2.38. The van der Waals surface area contributed by atoms with Gasteiger partial charge < -0.3 is 9.26 Å². The zero-order chi connectivity index (χ0) is 13.1. The zero-order valence-corrected chi connectivity index (χ0v) is 11.7. The Kier molecular flexibility index (Phi) is 4.35. The van der Waals surface area contributed by atoms with Gasteiger partial charge in [-0.05, 0) is 19.8 Å². The molecule has 0 amide bonds. The maximum atomic E-state index is 5.38. The van der Waals surface area contributed by atoms with Gasteiger partial charge in [0.25, 0.3) is 0 Å². The van der Waals surface area contributed by atoms with Gasteiger partial charge in [-0.2, -0.15) is 4.98 Å². The van der Waals surface area contributed by atoms with Crippen molar-refractivity contribution in [3.63, 3.8) is 0 Å². The van der Waals surface area contributed by atoms with Crippen LogP contribution in [0.2, 0.25) is 0 Å². The molecule has 102 valence electrons. The Morgan fingerprint density at radius 1 is 1.28 bits per heavy atom. The van der Waals surface area contributed by atoms with Crippen LogP contribution in [0.3, 0.4) is 0 Å². The number of nitrogens with zero attached hydrogens (tertiary/aromatic N) is 3. The second kappa shape index (κ2) is 5.80. The lowest BCUT2D eigenvalue weighted by Gasteiger charge is -2.33.